The van der Waals surface area contributed by atoms with Crippen LogP contribution >= 0.6 is 11.3 Å². The molecule has 0 amide bonds. The molecule has 0 aliphatic heterocycles. The smallest absolute Gasteiger partial charge is 0.223 e. The molecule has 3 aromatic heterocycles. The van der Waals surface area contributed by atoms with Crippen LogP contribution in [0.4, 0.5) is 11.8 Å². The molecule has 0 aliphatic rings. The van der Waals surface area contributed by atoms with E-state index in [0.717, 1.165) is 27.6 Å². The first-order chi connectivity index (χ1) is 9.13. The molecule has 98 valence electrons. The van der Waals surface area contributed by atoms with E-state index >= 15 is 0 Å². The van der Waals surface area contributed by atoms with Gasteiger partial charge in [-0.1, -0.05) is 0 Å². The summed E-state index contributed by atoms with van der Waals surface area (Å²) in [5.74, 6) is 2.79. The summed E-state index contributed by atoms with van der Waals surface area (Å²) in [5, 5.41) is 6.28. The van der Waals surface area contributed by atoms with Crippen molar-refractivity contribution in [1.82, 2.24) is 9.97 Å². The van der Waals surface area contributed by atoms with Crippen LogP contribution in [0.15, 0.2) is 28.0 Å². The standard InChI is InChI=1S/C13H14N4OS/c1-7-3-4-10(18-7)8(2)15-11-9-5-6-19-12(9)17-13(14)16-11/h3-6,8H,1-2H3,(H3,14,15,16,17). The highest BCUT2D eigenvalue weighted by Gasteiger charge is 2.13. The Bertz CT molecular complexity index is 718. The van der Waals surface area contributed by atoms with Crippen molar-refractivity contribution >= 4 is 33.3 Å². The van der Waals surface area contributed by atoms with Gasteiger partial charge in [-0.25, -0.2) is 4.98 Å². The second-order valence-corrected chi connectivity index (χ2v) is 5.28. The molecule has 0 spiro atoms. The lowest BCUT2D eigenvalue weighted by atomic mass is 10.2. The number of aryl methyl sites for hydroxylation is 1. The van der Waals surface area contributed by atoms with Gasteiger partial charge in [0.05, 0.1) is 11.4 Å². The monoisotopic (exact) mass is 274 g/mol. The zero-order valence-electron chi connectivity index (χ0n) is 10.7. The van der Waals surface area contributed by atoms with Crippen LogP contribution in [-0.4, -0.2) is 9.97 Å². The van der Waals surface area contributed by atoms with Gasteiger partial charge in [-0.15, -0.1) is 11.3 Å². The molecule has 1 atom stereocenters. The second-order valence-electron chi connectivity index (χ2n) is 4.38. The lowest BCUT2D eigenvalue weighted by molar-refractivity contribution is 0.466. The predicted molar refractivity (Wildman–Crippen MR) is 77.3 cm³/mol. The van der Waals surface area contributed by atoms with E-state index in [0.29, 0.717) is 0 Å². The van der Waals surface area contributed by atoms with Crippen molar-refractivity contribution in [2.75, 3.05) is 11.1 Å². The molecule has 0 saturated carbocycles. The first kappa shape index (κ1) is 12.0. The van der Waals surface area contributed by atoms with E-state index in [1.165, 1.54) is 0 Å². The summed E-state index contributed by atoms with van der Waals surface area (Å²) in [6, 6.07) is 5.91. The summed E-state index contributed by atoms with van der Waals surface area (Å²) < 4.78 is 5.61. The number of furan rings is 1. The summed E-state index contributed by atoms with van der Waals surface area (Å²) in [4.78, 5) is 9.36. The van der Waals surface area contributed by atoms with Gasteiger partial charge in [0.2, 0.25) is 5.95 Å². The lowest BCUT2D eigenvalue weighted by Crippen LogP contribution is -2.09. The summed E-state index contributed by atoms with van der Waals surface area (Å²) in [5.41, 5.74) is 5.72. The molecular weight excluding hydrogens is 260 g/mol. The number of hydrogen-bond acceptors (Lipinski definition) is 6. The molecule has 3 N–H and O–H groups in total. The Labute approximate surface area is 114 Å². The number of aromatic nitrogens is 2. The Morgan fingerprint density at radius 1 is 1.32 bits per heavy atom. The summed E-state index contributed by atoms with van der Waals surface area (Å²) in [7, 11) is 0. The normalized spacial score (nSPS) is 12.7. The molecular formula is C13H14N4OS. The molecule has 1 unspecified atom stereocenters. The zero-order chi connectivity index (χ0) is 13.4. The Morgan fingerprint density at radius 2 is 2.16 bits per heavy atom. The quantitative estimate of drug-likeness (QED) is 0.766. The average molecular weight is 274 g/mol. The van der Waals surface area contributed by atoms with E-state index in [2.05, 4.69) is 15.3 Å². The van der Waals surface area contributed by atoms with Crippen LogP contribution in [0.2, 0.25) is 0 Å². The minimum Gasteiger partial charge on any atom is -0.464 e. The van der Waals surface area contributed by atoms with Crippen LogP contribution in [0.1, 0.15) is 24.5 Å². The van der Waals surface area contributed by atoms with Gasteiger partial charge in [0.25, 0.3) is 0 Å². The molecule has 0 aromatic carbocycles. The molecule has 0 fully saturated rings. The van der Waals surface area contributed by atoms with Gasteiger partial charge in [0.15, 0.2) is 0 Å². The molecule has 5 nitrogen and oxygen atoms in total. The van der Waals surface area contributed by atoms with Crippen molar-refractivity contribution < 1.29 is 4.42 Å². The maximum absolute atomic E-state index is 5.72. The number of anilines is 2. The third-order valence-electron chi connectivity index (χ3n) is 2.88. The van der Waals surface area contributed by atoms with E-state index in [4.69, 9.17) is 10.2 Å². The van der Waals surface area contributed by atoms with Gasteiger partial charge in [-0.3, -0.25) is 0 Å². The van der Waals surface area contributed by atoms with E-state index in [1.807, 2.05) is 37.4 Å². The van der Waals surface area contributed by atoms with Crippen molar-refractivity contribution in [2.45, 2.75) is 19.9 Å². The van der Waals surface area contributed by atoms with Crippen LogP contribution in [0.3, 0.4) is 0 Å². The minimum absolute atomic E-state index is 0.0195. The lowest BCUT2D eigenvalue weighted by Gasteiger charge is -2.13. The van der Waals surface area contributed by atoms with Gasteiger partial charge < -0.3 is 15.5 Å². The fourth-order valence-corrected chi connectivity index (χ4v) is 2.72. The SMILES string of the molecule is Cc1ccc(C(C)Nc2nc(N)nc3sccc23)o1. The highest BCUT2D eigenvalue weighted by Crippen LogP contribution is 2.28. The number of nitrogens with zero attached hydrogens (tertiary/aromatic N) is 2. The average Bonchev–Trinajstić information content (AvgIpc) is 2.97. The fraction of sp³-hybridized carbons (Fsp3) is 0.231. The van der Waals surface area contributed by atoms with Gasteiger partial charge >= 0.3 is 0 Å². The first-order valence-corrected chi connectivity index (χ1v) is 6.85. The van der Waals surface area contributed by atoms with E-state index < -0.39 is 0 Å². The topological polar surface area (TPSA) is 77.0 Å². The molecule has 3 heterocycles. The Kier molecular flexibility index (Phi) is 2.87. The number of thiophene rings is 1. The minimum atomic E-state index is 0.0195. The van der Waals surface area contributed by atoms with Crippen molar-refractivity contribution in [3.05, 3.63) is 35.1 Å². The first-order valence-electron chi connectivity index (χ1n) is 5.97. The number of hydrogen-bond donors (Lipinski definition) is 2. The Balaban J connectivity index is 1.94. The predicted octanol–water partition coefficient (Wildman–Crippen LogP) is 3.35. The van der Waals surface area contributed by atoms with Crippen LogP contribution in [-0.2, 0) is 0 Å². The highest BCUT2D eigenvalue weighted by molar-refractivity contribution is 7.16. The zero-order valence-corrected chi connectivity index (χ0v) is 11.5. The van der Waals surface area contributed by atoms with Crippen molar-refractivity contribution in [3.8, 4) is 0 Å². The molecule has 19 heavy (non-hydrogen) atoms. The molecule has 0 radical (unpaired) electrons. The van der Waals surface area contributed by atoms with Crippen LogP contribution in [0, 0.1) is 6.92 Å². The van der Waals surface area contributed by atoms with Gasteiger partial charge in [0.1, 0.15) is 22.2 Å². The maximum atomic E-state index is 5.72. The number of nitrogens with one attached hydrogen (secondary N) is 1. The highest BCUT2D eigenvalue weighted by atomic mass is 32.1. The van der Waals surface area contributed by atoms with Crippen molar-refractivity contribution in [2.24, 2.45) is 0 Å². The van der Waals surface area contributed by atoms with Crippen LogP contribution in [0.25, 0.3) is 10.2 Å². The third-order valence-corrected chi connectivity index (χ3v) is 3.69. The largest absolute Gasteiger partial charge is 0.464 e. The Hall–Kier alpha value is -2.08. The number of rotatable bonds is 3. The van der Waals surface area contributed by atoms with Gasteiger partial charge in [-0.05, 0) is 37.4 Å². The van der Waals surface area contributed by atoms with Crippen LogP contribution in [0.5, 0.6) is 0 Å². The molecule has 0 aliphatic carbocycles. The van der Waals surface area contributed by atoms with Gasteiger partial charge in [0, 0.05) is 0 Å². The van der Waals surface area contributed by atoms with Crippen LogP contribution < -0.4 is 11.1 Å². The van der Waals surface area contributed by atoms with E-state index in [1.54, 1.807) is 11.3 Å². The third kappa shape index (κ3) is 2.26. The molecule has 0 saturated heterocycles. The summed E-state index contributed by atoms with van der Waals surface area (Å²) >= 11 is 1.55. The fourth-order valence-electron chi connectivity index (χ4n) is 1.94. The van der Waals surface area contributed by atoms with Crippen molar-refractivity contribution in [1.29, 1.82) is 0 Å². The summed E-state index contributed by atoms with van der Waals surface area (Å²) in [6.45, 7) is 3.95. The molecule has 0 bridgehead atoms. The molecule has 6 heteroatoms. The van der Waals surface area contributed by atoms with Crippen molar-refractivity contribution in [3.63, 3.8) is 0 Å². The number of fused-ring (bicyclic) bond motifs is 1. The Morgan fingerprint density at radius 3 is 2.89 bits per heavy atom. The number of nitrogens with two attached hydrogens (primary N) is 1. The molecule has 3 rings (SSSR count). The molecule has 3 aromatic rings. The summed E-state index contributed by atoms with van der Waals surface area (Å²) in [6.07, 6.45) is 0. The van der Waals surface area contributed by atoms with E-state index in [-0.39, 0.29) is 12.0 Å². The van der Waals surface area contributed by atoms with E-state index in [9.17, 15) is 0 Å². The number of nitrogen functional groups attached to an aromatic ring is 1. The second kappa shape index (κ2) is 4.55. The maximum Gasteiger partial charge on any atom is 0.223 e. The van der Waals surface area contributed by atoms with Gasteiger partial charge in [-0.2, -0.15) is 4.98 Å².